The van der Waals surface area contributed by atoms with Crippen molar-refractivity contribution >= 4 is 5.91 Å². The van der Waals surface area contributed by atoms with Crippen LogP contribution in [0.25, 0.3) is 0 Å². The molecule has 1 atom stereocenters. The number of hydrogen-bond donors (Lipinski definition) is 1. The molecule has 1 aromatic rings. The van der Waals surface area contributed by atoms with Crippen LogP contribution in [0.15, 0.2) is 12.4 Å². The molecule has 2 N–H and O–H groups in total. The van der Waals surface area contributed by atoms with Gasteiger partial charge in [-0.15, -0.1) is 0 Å². The molecule has 20 heavy (non-hydrogen) atoms. The summed E-state index contributed by atoms with van der Waals surface area (Å²) in [5.41, 5.74) is 6.97. The fraction of sp³-hybridized carbons (Fsp3) is 0.714. The topological polar surface area (TPSA) is 67.4 Å². The first-order chi connectivity index (χ1) is 9.29. The van der Waals surface area contributed by atoms with Crippen LogP contribution in [0.3, 0.4) is 0 Å². The fourth-order valence-electron chi connectivity index (χ4n) is 2.54. The molecule has 1 amide bonds. The van der Waals surface area contributed by atoms with Gasteiger partial charge in [-0.2, -0.15) is 5.10 Å². The number of nitrogens with zero attached hydrogens (tertiary/aromatic N) is 4. The molecule has 2 rings (SSSR count). The van der Waals surface area contributed by atoms with Crippen molar-refractivity contribution in [2.75, 3.05) is 26.2 Å². The minimum Gasteiger partial charge on any atom is -0.338 e. The van der Waals surface area contributed by atoms with Gasteiger partial charge < -0.3 is 10.6 Å². The van der Waals surface area contributed by atoms with Crippen LogP contribution in [0.1, 0.15) is 32.4 Å². The van der Waals surface area contributed by atoms with Crippen molar-refractivity contribution < 1.29 is 4.79 Å². The highest BCUT2D eigenvalue weighted by Crippen LogP contribution is 2.18. The van der Waals surface area contributed by atoms with Crippen molar-refractivity contribution in [1.82, 2.24) is 19.6 Å². The van der Waals surface area contributed by atoms with Gasteiger partial charge in [-0.05, 0) is 20.8 Å². The lowest BCUT2D eigenvalue weighted by atomic mass is 10.0. The van der Waals surface area contributed by atoms with E-state index in [4.69, 9.17) is 5.73 Å². The number of carbonyl (C=O) groups excluding carboxylic acids is 1. The van der Waals surface area contributed by atoms with E-state index in [1.54, 1.807) is 17.1 Å². The average Bonchev–Trinajstić information content (AvgIpc) is 2.83. The Labute approximate surface area is 120 Å². The predicted octanol–water partition coefficient (Wildman–Crippen LogP) is 0.363. The second-order valence-corrected chi connectivity index (χ2v) is 6.41. The Morgan fingerprint density at radius 1 is 1.30 bits per heavy atom. The van der Waals surface area contributed by atoms with Gasteiger partial charge in [-0.25, -0.2) is 0 Å². The lowest BCUT2D eigenvalue weighted by molar-refractivity contribution is -0.135. The van der Waals surface area contributed by atoms with Crippen LogP contribution < -0.4 is 5.73 Å². The van der Waals surface area contributed by atoms with Crippen molar-refractivity contribution in [1.29, 1.82) is 0 Å². The molecule has 2 heterocycles. The third-order valence-electron chi connectivity index (χ3n) is 3.89. The van der Waals surface area contributed by atoms with Gasteiger partial charge in [0.15, 0.2) is 0 Å². The maximum absolute atomic E-state index is 12.4. The lowest BCUT2D eigenvalue weighted by Crippen LogP contribution is -2.55. The zero-order valence-corrected chi connectivity index (χ0v) is 12.8. The highest BCUT2D eigenvalue weighted by atomic mass is 16.2. The summed E-state index contributed by atoms with van der Waals surface area (Å²) in [4.78, 5) is 16.7. The molecule has 112 valence electrons. The number of aryl methyl sites for hydroxylation is 1. The van der Waals surface area contributed by atoms with Crippen LogP contribution in [0.4, 0.5) is 0 Å². The zero-order valence-electron chi connectivity index (χ0n) is 12.8. The summed E-state index contributed by atoms with van der Waals surface area (Å²) < 4.78 is 1.67. The summed E-state index contributed by atoms with van der Waals surface area (Å²) in [6.45, 7) is 9.88. The van der Waals surface area contributed by atoms with E-state index in [0.29, 0.717) is 0 Å². The lowest BCUT2D eigenvalue weighted by Gasteiger charge is -2.42. The normalized spacial score (nSPS) is 19.1. The van der Waals surface area contributed by atoms with Crippen LogP contribution in [0.2, 0.25) is 0 Å². The van der Waals surface area contributed by atoms with Gasteiger partial charge in [0.2, 0.25) is 5.91 Å². The molecule has 1 aromatic heterocycles. The van der Waals surface area contributed by atoms with Crippen molar-refractivity contribution in [3.05, 3.63) is 18.0 Å². The smallest absolute Gasteiger partial charge is 0.244 e. The first-order valence-electron chi connectivity index (χ1n) is 7.07. The zero-order chi connectivity index (χ0) is 14.9. The summed E-state index contributed by atoms with van der Waals surface area (Å²) in [6.07, 6.45) is 3.46. The third-order valence-corrected chi connectivity index (χ3v) is 3.89. The number of aromatic nitrogens is 2. The molecule has 1 saturated heterocycles. The van der Waals surface area contributed by atoms with Gasteiger partial charge in [0.1, 0.15) is 6.04 Å². The average molecular weight is 279 g/mol. The van der Waals surface area contributed by atoms with E-state index >= 15 is 0 Å². The van der Waals surface area contributed by atoms with Crippen molar-refractivity contribution in [3.8, 4) is 0 Å². The summed E-state index contributed by atoms with van der Waals surface area (Å²) >= 11 is 0. The molecule has 1 unspecified atom stereocenters. The largest absolute Gasteiger partial charge is 0.338 e. The summed E-state index contributed by atoms with van der Waals surface area (Å²) in [6, 6.07) is -0.607. The molecule has 6 nitrogen and oxygen atoms in total. The number of amides is 1. The van der Waals surface area contributed by atoms with Gasteiger partial charge in [-0.1, -0.05) is 0 Å². The molecule has 1 fully saturated rings. The number of piperazine rings is 1. The Balaban J connectivity index is 1.95. The molecule has 0 saturated carbocycles. The van der Waals surface area contributed by atoms with Gasteiger partial charge in [0.25, 0.3) is 0 Å². The second kappa shape index (κ2) is 5.54. The van der Waals surface area contributed by atoms with Gasteiger partial charge in [0, 0.05) is 50.5 Å². The number of nitrogens with two attached hydrogens (primary N) is 1. The molecular weight excluding hydrogens is 254 g/mol. The van der Waals surface area contributed by atoms with Crippen LogP contribution in [0.5, 0.6) is 0 Å². The van der Waals surface area contributed by atoms with Crippen LogP contribution in [-0.4, -0.2) is 57.2 Å². The van der Waals surface area contributed by atoms with Crippen molar-refractivity contribution in [2.45, 2.75) is 32.4 Å². The minimum atomic E-state index is -0.607. The van der Waals surface area contributed by atoms with Gasteiger partial charge >= 0.3 is 0 Å². The van der Waals surface area contributed by atoms with Crippen LogP contribution in [0, 0.1) is 0 Å². The first-order valence-corrected chi connectivity index (χ1v) is 7.07. The summed E-state index contributed by atoms with van der Waals surface area (Å²) in [5, 5.41) is 4.07. The minimum absolute atomic E-state index is 0.00782. The highest BCUT2D eigenvalue weighted by Gasteiger charge is 2.30. The Hall–Kier alpha value is -1.40. The maximum atomic E-state index is 12.4. The first kappa shape index (κ1) is 15.0. The molecule has 0 bridgehead atoms. The number of carbonyl (C=O) groups is 1. The molecule has 1 aliphatic heterocycles. The van der Waals surface area contributed by atoms with Crippen LogP contribution in [-0.2, 0) is 11.8 Å². The molecule has 6 heteroatoms. The molecule has 0 spiro atoms. The molecule has 0 radical (unpaired) electrons. The number of hydrogen-bond acceptors (Lipinski definition) is 4. The summed E-state index contributed by atoms with van der Waals surface area (Å²) in [7, 11) is 1.82. The Kier molecular flexibility index (Phi) is 4.15. The van der Waals surface area contributed by atoms with Gasteiger partial charge in [-0.3, -0.25) is 14.4 Å². The maximum Gasteiger partial charge on any atom is 0.244 e. The Bertz CT molecular complexity index is 468. The van der Waals surface area contributed by atoms with E-state index in [2.05, 4.69) is 30.8 Å². The molecule has 0 aromatic carbocycles. The SMILES string of the molecule is Cn1cc(C(N)C(=O)N2CCN(C(C)(C)C)CC2)cn1. The van der Waals surface area contributed by atoms with E-state index in [0.717, 1.165) is 31.7 Å². The molecule has 1 aliphatic rings. The van der Waals surface area contributed by atoms with Crippen LogP contribution >= 0.6 is 0 Å². The predicted molar refractivity (Wildman–Crippen MR) is 78.0 cm³/mol. The highest BCUT2D eigenvalue weighted by molar-refractivity contribution is 5.83. The van der Waals surface area contributed by atoms with E-state index < -0.39 is 6.04 Å². The van der Waals surface area contributed by atoms with Gasteiger partial charge in [0.05, 0.1) is 6.20 Å². The van der Waals surface area contributed by atoms with Crippen molar-refractivity contribution in [3.63, 3.8) is 0 Å². The van der Waals surface area contributed by atoms with E-state index in [9.17, 15) is 4.79 Å². The van der Waals surface area contributed by atoms with Crippen molar-refractivity contribution in [2.24, 2.45) is 12.8 Å². The molecular formula is C14H25N5O. The van der Waals surface area contributed by atoms with E-state index in [1.807, 2.05) is 11.9 Å². The summed E-state index contributed by atoms with van der Waals surface area (Å²) in [5.74, 6) is -0.00782. The Morgan fingerprint density at radius 2 is 1.90 bits per heavy atom. The quantitative estimate of drug-likeness (QED) is 0.849. The number of rotatable bonds is 2. The second-order valence-electron chi connectivity index (χ2n) is 6.41. The monoisotopic (exact) mass is 279 g/mol. The van der Waals surface area contributed by atoms with E-state index in [-0.39, 0.29) is 11.4 Å². The standard InChI is InChI=1S/C14H25N5O/c1-14(2,3)19-7-5-18(6-8-19)13(20)12(15)11-9-16-17(4)10-11/h9-10,12H,5-8,15H2,1-4H3. The Morgan fingerprint density at radius 3 is 2.35 bits per heavy atom. The fourth-order valence-corrected chi connectivity index (χ4v) is 2.54. The van der Waals surface area contributed by atoms with E-state index in [1.165, 1.54) is 0 Å². The third kappa shape index (κ3) is 3.19. The molecule has 0 aliphatic carbocycles.